The van der Waals surface area contributed by atoms with Gasteiger partial charge in [-0.2, -0.15) is 26.7 Å². The van der Waals surface area contributed by atoms with Crippen LogP contribution >= 0.6 is 11.8 Å². The van der Waals surface area contributed by atoms with Crippen LogP contribution in [0.1, 0.15) is 27.2 Å². The highest BCUT2D eigenvalue weighted by Gasteiger charge is 2.16. The Hall–Kier alpha value is -1.24. The maximum Gasteiger partial charge on any atom is 0.323 e. The lowest BCUT2D eigenvalue weighted by molar-refractivity contribution is 0.292. The number of nitrogens with one attached hydrogen (secondary N) is 1. The van der Waals surface area contributed by atoms with Crippen LogP contribution in [0.25, 0.3) is 0 Å². The molecule has 0 saturated carbocycles. The number of anilines is 2. The lowest BCUT2D eigenvalue weighted by Gasteiger charge is -2.22. The average Bonchev–Trinajstić information content (AvgIpc) is 2.33. The van der Waals surface area contributed by atoms with Gasteiger partial charge in [-0.15, -0.1) is 0 Å². The molecular weight excluding hydrogens is 250 g/mol. The standard InChI is InChI=1S/C11H21N5OS/c1-5-6-17-10-15-8(12)14-9(16-10)13-7-11(2,3)18-4/h5-7H2,1-4H3,(H3,12,13,14,15,16). The highest BCUT2D eigenvalue weighted by atomic mass is 32.2. The van der Waals surface area contributed by atoms with Crippen LogP contribution in [0.4, 0.5) is 11.9 Å². The number of nitrogens with two attached hydrogens (primary N) is 1. The van der Waals surface area contributed by atoms with Crippen LogP contribution in [0.2, 0.25) is 0 Å². The topological polar surface area (TPSA) is 86.0 Å². The first-order valence-corrected chi connectivity index (χ1v) is 7.12. The number of nitrogens with zero attached hydrogens (tertiary/aromatic N) is 3. The van der Waals surface area contributed by atoms with Crippen molar-refractivity contribution in [3.8, 4) is 6.01 Å². The van der Waals surface area contributed by atoms with E-state index in [1.54, 1.807) is 11.8 Å². The van der Waals surface area contributed by atoms with E-state index in [0.717, 1.165) is 13.0 Å². The molecule has 0 radical (unpaired) electrons. The summed E-state index contributed by atoms with van der Waals surface area (Å²) in [6.07, 6.45) is 2.97. The van der Waals surface area contributed by atoms with Crippen molar-refractivity contribution in [3.63, 3.8) is 0 Å². The van der Waals surface area contributed by atoms with Gasteiger partial charge in [0.1, 0.15) is 0 Å². The highest BCUT2D eigenvalue weighted by Crippen LogP contribution is 2.21. The Morgan fingerprint density at radius 3 is 2.67 bits per heavy atom. The molecule has 0 bridgehead atoms. The Bertz CT molecular complexity index is 386. The summed E-state index contributed by atoms with van der Waals surface area (Å²) in [6, 6.07) is 0.272. The summed E-state index contributed by atoms with van der Waals surface area (Å²) in [5.41, 5.74) is 5.62. The number of aromatic nitrogens is 3. The van der Waals surface area contributed by atoms with E-state index in [-0.39, 0.29) is 16.7 Å². The largest absolute Gasteiger partial charge is 0.463 e. The van der Waals surface area contributed by atoms with Gasteiger partial charge in [0.2, 0.25) is 11.9 Å². The van der Waals surface area contributed by atoms with Crippen molar-refractivity contribution in [2.45, 2.75) is 31.9 Å². The molecule has 1 aromatic rings. The molecule has 0 spiro atoms. The van der Waals surface area contributed by atoms with Crippen LogP contribution in [-0.2, 0) is 0 Å². The molecule has 0 aliphatic carbocycles. The molecule has 0 atom stereocenters. The zero-order valence-corrected chi connectivity index (χ0v) is 12.2. The van der Waals surface area contributed by atoms with Crippen molar-refractivity contribution in [1.29, 1.82) is 0 Å². The molecule has 1 aromatic heterocycles. The molecule has 3 N–H and O–H groups in total. The number of hydrogen-bond donors (Lipinski definition) is 2. The van der Waals surface area contributed by atoms with Crippen molar-refractivity contribution >= 4 is 23.7 Å². The van der Waals surface area contributed by atoms with Crippen molar-refractivity contribution in [2.24, 2.45) is 0 Å². The smallest absolute Gasteiger partial charge is 0.323 e. The summed E-state index contributed by atoms with van der Waals surface area (Å²) in [6.45, 7) is 7.61. The minimum absolute atomic E-state index is 0.103. The summed E-state index contributed by atoms with van der Waals surface area (Å²) < 4.78 is 5.45. The van der Waals surface area contributed by atoms with Gasteiger partial charge < -0.3 is 15.8 Å². The molecule has 6 nitrogen and oxygen atoms in total. The second-order valence-electron chi connectivity index (χ2n) is 4.47. The summed E-state index contributed by atoms with van der Waals surface area (Å²) in [7, 11) is 0. The summed E-state index contributed by atoms with van der Waals surface area (Å²) in [5.74, 6) is 0.622. The first kappa shape index (κ1) is 14.8. The van der Waals surface area contributed by atoms with Crippen LogP contribution in [0.15, 0.2) is 0 Å². The van der Waals surface area contributed by atoms with Crippen molar-refractivity contribution in [2.75, 3.05) is 30.5 Å². The second kappa shape index (κ2) is 6.63. The molecular formula is C11H21N5OS. The number of rotatable bonds is 7. The zero-order chi connectivity index (χ0) is 13.6. The number of thioether (sulfide) groups is 1. The summed E-state index contributed by atoms with van der Waals surface area (Å²) >= 11 is 1.77. The first-order valence-electron chi connectivity index (χ1n) is 5.90. The van der Waals surface area contributed by atoms with Crippen molar-refractivity contribution in [1.82, 2.24) is 15.0 Å². The molecule has 1 heterocycles. The average molecular weight is 271 g/mol. The molecule has 0 aromatic carbocycles. The van der Waals surface area contributed by atoms with Gasteiger partial charge in [-0.3, -0.25) is 0 Å². The van der Waals surface area contributed by atoms with Gasteiger partial charge in [-0.1, -0.05) is 6.92 Å². The van der Waals surface area contributed by atoms with Crippen LogP contribution in [0.5, 0.6) is 6.01 Å². The second-order valence-corrected chi connectivity index (χ2v) is 5.98. The fourth-order valence-corrected chi connectivity index (χ4v) is 1.29. The minimum atomic E-state index is 0.103. The van der Waals surface area contributed by atoms with E-state index in [9.17, 15) is 0 Å². The molecule has 0 saturated heterocycles. The number of hydrogen-bond acceptors (Lipinski definition) is 7. The van der Waals surface area contributed by atoms with Crippen LogP contribution < -0.4 is 15.8 Å². The van der Waals surface area contributed by atoms with E-state index >= 15 is 0 Å². The van der Waals surface area contributed by atoms with Crippen molar-refractivity contribution in [3.05, 3.63) is 0 Å². The van der Waals surface area contributed by atoms with Gasteiger partial charge in [0.25, 0.3) is 0 Å². The van der Waals surface area contributed by atoms with E-state index in [1.807, 2.05) is 6.92 Å². The van der Waals surface area contributed by atoms with Crippen LogP contribution in [0, 0.1) is 0 Å². The molecule has 0 amide bonds. The van der Waals surface area contributed by atoms with Gasteiger partial charge in [-0.25, -0.2) is 0 Å². The Morgan fingerprint density at radius 1 is 1.33 bits per heavy atom. The molecule has 18 heavy (non-hydrogen) atoms. The SMILES string of the molecule is CCCOc1nc(N)nc(NCC(C)(C)SC)n1. The first-order chi connectivity index (χ1) is 8.46. The Morgan fingerprint density at radius 2 is 2.06 bits per heavy atom. The van der Waals surface area contributed by atoms with E-state index in [4.69, 9.17) is 10.5 Å². The monoisotopic (exact) mass is 271 g/mol. The van der Waals surface area contributed by atoms with Crippen LogP contribution in [-0.4, -0.2) is 39.1 Å². The third-order valence-corrected chi connectivity index (χ3v) is 3.54. The lowest BCUT2D eigenvalue weighted by atomic mass is 10.2. The summed E-state index contributed by atoms with van der Waals surface area (Å²) in [4.78, 5) is 12.1. The van der Waals surface area contributed by atoms with E-state index in [0.29, 0.717) is 12.6 Å². The lowest BCUT2D eigenvalue weighted by Crippen LogP contribution is -2.26. The predicted octanol–water partition coefficient (Wildman–Crippen LogP) is 1.80. The predicted molar refractivity (Wildman–Crippen MR) is 76.1 cm³/mol. The fourth-order valence-electron chi connectivity index (χ4n) is 1.07. The van der Waals surface area contributed by atoms with E-state index in [2.05, 4.69) is 40.4 Å². The molecule has 0 unspecified atom stereocenters. The molecule has 0 aliphatic rings. The molecule has 102 valence electrons. The van der Waals surface area contributed by atoms with Gasteiger partial charge >= 0.3 is 6.01 Å². The molecule has 7 heteroatoms. The number of ether oxygens (including phenoxy) is 1. The zero-order valence-electron chi connectivity index (χ0n) is 11.4. The Kier molecular flexibility index (Phi) is 5.46. The molecule has 0 aliphatic heterocycles. The highest BCUT2D eigenvalue weighted by molar-refractivity contribution is 7.99. The minimum Gasteiger partial charge on any atom is -0.463 e. The summed E-state index contributed by atoms with van der Waals surface area (Å²) in [5, 5.41) is 3.15. The Labute approximate surface area is 112 Å². The van der Waals surface area contributed by atoms with Crippen molar-refractivity contribution < 1.29 is 4.74 Å². The van der Waals surface area contributed by atoms with Crippen LogP contribution in [0.3, 0.4) is 0 Å². The Balaban J connectivity index is 2.68. The van der Waals surface area contributed by atoms with Gasteiger partial charge in [0.15, 0.2) is 0 Å². The normalized spacial score (nSPS) is 11.3. The maximum absolute atomic E-state index is 5.62. The van der Waals surface area contributed by atoms with Gasteiger partial charge in [0, 0.05) is 11.3 Å². The maximum atomic E-state index is 5.62. The van der Waals surface area contributed by atoms with E-state index in [1.165, 1.54) is 0 Å². The third-order valence-electron chi connectivity index (χ3n) is 2.29. The van der Waals surface area contributed by atoms with Gasteiger partial charge in [-0.05, 0) is 26.5 Å². The molecule has 0 fully saturated rings. The van der Waals surface area contributed by atoms with E-state index < -0.39 is 0 Å². The number of nitrogen functional groups attached to an aromatic ring is 1. The third kappa shape index (κ3) is 4.95. The molecule has 1 rings (SSSR count). The quantitative estimate of drug-likeness (QED) is 0.782. The fraction of sp³-hybridized carbons (Fsp3) is 0.727. The van der Waals surface area contributed by atoms with Gasteiger partial charge in [0.05, 0.1) is 6.61 Å².